The van der Waals surface area contributed by atoms with Gasteiger partial charge in [0.25, 0.3) is 0 Å². The monoisotopic (exact) mass is 463 g/mol. The second kappa shape index (κ2) is 7.96. The summed E-state index contributed by atoms with van der Waals surface area (Å²) in [4.78, 5) is 11.7. The number of aromatic carboxylic acids is 1. The smallest absolute Gasteiger partial charge is 0.423 e. The van der Waals surface area contributed by atoms with Crippen molar-refractivity contribution in [3.8, 4) is 11.1 Å². The lowest BCUT2D eigenvalue weighted by Gasteiger charge is -2.26. The van der Waals surface area contributed by atoms with Crippen molar-refractivity contribution in [2.75, 3.05) is 0 Å². The van der Waals surface area contributed by atoms with E-state index in [2.05, 4.69) is 15.4 Å². The van der Waals surface area contributed by atoms with E-state index in [-0.39, 0.29) is 12.2 Å². The topological polar surface area (TPSA) is 106 Å². The molecule has 0 fully saturated rings. The molecular formula is C21H17F4N5O3. The molecule has 2 N–H and O–H groups in total. The van der Waals surface area contributed by atoms with Gasteiger partial charge in [0.2, 0.25) is 5.60 Å². The van der Waals surface area contributed by atoms with Gasteiger partial charge < -0.3 is 10.2 Å². The van der Waals surface area contributed by atoms with Gasteiger partial charge in [0.05, 0.1) is 18.3 Å². The zero-order valence-corrected chi connectivity index (χ0v) is 17.1. The lowest BCUT2D eigenvalue weighted by Crippen LogP contribution is -2.42. The molecule has 0 aliphatic rings. The van der Waals surface area contributed by atoms with Gasteiger partial charge in [-0.25, -0.2) is 18.4 Å². The molecule has 0 saturated heterocycles. The van der Waals surface area contributed by atoms with E-state index in [1.807, 2.05) is 0 Å². The summed E-state index contributed by atoms with van der Waals surface area (Å²) in [7, 11) is 0. The van der Waals surface area contributed by atoms with Gasteiger partial charge >= 0.3 is 12.1 Å². The van der Waals surface area contributed by atoms with Gasteiger partial charge in [-0.05, 0) is 35.7 Å². The summed E-state index contributed by atoms with van der Waals surface area (Å²) < 4.78 is 55.5. The van der Waals surface area contributed by atoms with Crippen LogP contribution in [0.3, 0.4) is 0 Å². The third-order valence-corrected chi connectivity index (χ3v) is 5.31. The Labute approximate surface area is 183 Å². The highest BCUT2D eigenvalue weighted by atomic mass is 19.4. The van der Waals surface area contributed by atoms with Gasteiger partial charge in [-0.1, -0.05) is 30.3 Å². The molecule has 3 aromatic heterocycles. The summed E-state index contributed by atoms with van der Waals surface area (Å²) in [6.45, 7) is 1.19. The Balaban J connectivity index is 1.70. The minimum atomic E-state index is -4.92. The number of halogens is 4. The van der Waals surface area contributed by atoms with E-state index in [1.165, 1.54) is 41.9 Å². The first-order valence-corrected chi connectivity index (χ1v) is 9.73. The SMILES string of the molecule is CCC(O)(c1cn(Cc2ccc3c(-c4ccc(F)cc4)c(C(=O)O)nn3c2)nn1)C(F)(F)F. The molecule has 0 saturated carbocycles. The van der Waals surface area contributed by atoms with Gasteiger partial charge in [0, 0.05) is 11.8 Å². The van der Waals surface area contributed by atoms with Crippen LogP contribution in [-0.2, 0) is 12.1 Å². The van der Waals surface area contributed by atoms with Crippen LogP contribution in [0.25, 0.3) is 16.6 Å². The number of pyridine rings is 1. The lowest BCUT2D eigenvalue weighted by atomic mass is 9.96. The number of benzene rings is 1. The number of carboxylic acid groups (broad SMARTS) is 1. The van der Waals surface area contributed by atoms with Crippen molar-refractivity contribution < 1.29 is 32.6 Å². The van der Waals surface area contributed by atoms with Crippen LogP contribution in [0.4, 0.5) is 17.6 Å². The molecule has 1 unspecified atom stereocenters. The highest BCUT2D eigenvalue weighted by Gasteiger charge is 2.55. The molecule has 12 heteroatoms. The fourth-order valence-electron chi connectivity index (χ4n) is 3.52. The zero-order chi connectivity index (χ0) is 24.0. The third kappa shape index (κ3) is 3.93. The molecule has 4 aromatic rings. The van der Waals surface area contributed by atoms with Crippen molar-refractivity contribution in [3.63, 3.8) is 0 Å². The van der Waals surface area contributed by atoms with Gasteiger partial charge in [0.15, 0.2) is 5.69 Å². The van der Waals surface area contributed by atoms with Crippen molar-refractivity contribution in [3.05, 3.63) is 71.6 Å². The number of hydrogen-bond acceptors (Lipinski definition) is 5. The first-order valence-electron chi connectivity index (χ1n) is 9.73. The highest BCUT2D eigenvalue weighted by molar-refractivity contribution is 5.99. The average molecular weight is 463 g/mol. The average Bonchev–Trinajstić information content (AvgIpc) is 3.38. The molecule has 0 aliphatic carbocycles. The Morgan fingerprint density at radius 1 is 1.09 bits per heavy atom. The normalized spacial score (nSPS) is 13.9. The van der Waals surface area contributed by atoms with E-state index in [4.69, 9.17) is 0 Å². The Morgan fingerprint density at radius 3 is 2.39 bits per heavy atom. The van der Waals surface area contributed by atoms with E-state index in [0.29, 0.717) is 22.2 Å². The van der Waals surface area contributed by atoms with Crippen LogP contribution < -0.4 is 0 Å². The Morgan fingerprint density at radius 2 is 1.79 bits per heavy atom. The predicted octanol–water partition coefficient (Wildman–Crippen LogP) is 3.64. The summed E-state index contributed by atoms with van der Waals surface area (Å²) in [5, 5.41) is 30.8. The van der Waals surface area contributed by atoms with Crippen molar-refractivity contribution in [2.45, 2.75) is 31.7 Å². The van der Waals surface area contributed by atoms with Crippen LogP contribution >= 0.6 is 0 Å². The van der Waals surface area contributed by atoms with E-state index < -0.39 is 35.7 Å². The maximum absolute atomic E-state index is 13.3. The molecule has 0 spiro atoms. The molecule has 3 heterocycles. The number of rotatable bonds is 6. The minimum Gasteiger partial charge on any atom is -0.476 e. The second-order valence-corrected chi connectivity index (χ2v) is 7.42. The summed E-state index contributed by atoms with van der Waals surface area (Å²) in [6, 6.07) is 8.54. The fraction of sp³-hybridized carbons (Fsp3) is 0.238. The number of alkyl halides is 3. The quantitative estimate of drug-likeness (QED) is 0.423. The molecule has 1 atom stereocenters. The maximum Gasteiger partial charge on any atom is 0.423 e. The molecule has 172 valence electrons. The van der Waals surface area contributed by atoms with Crippen molar-refractivity contribution in [2.24, 2.45) is 0 Å². The summed E-state index contributed by atoms with van der Waals surface area (Å²) in [5.74, 6) is -1.74. The van der Waals surface area contributed by atoms with Crippen LogP contribution in [0.15, 0.2) is 48.8 Å². The van der Waals surface area contributed by atoms with Crippen molar-refractivity contribution >= 4 is 11.5 Å². The van der Waals surface area contributed by atoms with Crippen LogP contribution in [0, 0.1) is 5.82 Å². The van der Waals surface area contributed by atoms with Gasteiger partial charge in [-0.2, -0.15) is 18.3 Å². The molecule has 33 heavy (non-hydrogen) atoms. The molecular weight excluding hydrogens is 446 g/mol. The molecule has 0 radical (unpaired) electrons. The van der Waals surface area contributed by atoms with Crippen LogP contribution in [-0.4, -0.2) is 47.0 Å². The van der Waals surface area contributed by atoms with Crippen LogP contribution in [0.2, 0.25) is 0 Å². The van der Waals surface area contributed by atoms with Crippen LogP contribution in [0.5, 0.6) is 0 Å². The largest absolute Gasteiger partial charge is 0.476 e. The van der Waals surface area contributed by atoms with E-state index in [1.54, 1.807) is 12.1 Å². The summed E-state index contributed by atoms with van der Waals surface area (Å²) in [5.41, 5.74) is -2.23. The van der Waals surface area contributed by atoms with Crippen molar-refractivity contribution in [1.29, 1.82) is 0 Å². The summed E-state index contributed by atoms with van der Waals surface area (Å²) in [6.07, 6.45) is -3.03. The van der Waals surface area contributed by atoms with Gasteiger partial charge in [0.1, 0.15) is 11.5 Å². The number of nitrogens with zero attached hydrogens (tertiary/aromatic N) is 5. The molecule has 1 aromatic carbocycles. The number of carbonyl (C=O) groups is 1. The third-order valence-electron chi connectivity index (χ3n) is 5.31. The van der Waals surface area contributed by atoms with E-state index >= 15 is 0 Å². The fourth-order valence-corrected chi connectivity index (χ4v) is 3.52. The highest BCUT2D eigenvalue weighted by Crippen LogP contribution is 2.40. The van der Waals surface area contributed by atoms with E-state index in [9.17, 15) is 32.6 Å². The summed E-state index contributed by atoms with van der Waals surface area (Å²) >= 11 is 0. The standard InChI is InChI=1S/C21H17F4N5O3/c1-2-20(33,21(23,24)25)16-11-29(28-26-16)9-12-3-8-15-17(13-4-6-14(22)7-5-13)18(19(31)32)27-30(15)10-12/h3-8,10-11,33H,2,9H2,1H3,(H,31,32). The minimum absolute atomic E-state index is 0.00522. The first-order chi connectivity index (χ1) is 15.5. The van der Waals surface area contributed by atoms with Crippen molar-refractivity contribution in [1.82, 2.24) is 24.6 Å². The van der Waals surface area contributed by atoms with Gasteiger partial charge in [-0.3, -0.25) is 0 Å². The second-order valence-electron chi connectivity index (χ2n) is 7.42. The zero-order valence-electron chi connectivity index (χ0n) is 17.1. The molecule has 0 amide bonds. The molecule has 0 bridgehead atoms. The Hall–Kier alpha value is -3.80. The lowest BCUT2D eigenvalue weighted by molar-refractivity contribution is -0.269. The Bertz CT molecular complexity index is 1330. The molecule has 8 nitrogen and oxygen atoms in total. The molecule has 0 aliphatic heterocycles. The van der Waals surface area contributed by atoms with Crippen LogP contribution in [0.1, 0.15) is 35.1 Å². The van der Waals surface area contributed by atoms with E-state index in [0.717, 1.165) is 10.9 Å². The Kier molecular flexibility index (Phi) is 5.40. The van der Waals surface area contributed by atoms with Gasteiger partial charge in [-0.15, -0.1) is 5.10 Å². The number of fused-ring (bicyclic) bond motifs is 1. The maximum atomic E-state index is 13.3. The number of carboxylic acids is 1. The number of hydrogen-bond donors (Lipinski definition) is 2. The molecule has 4 rings (SSSR count). The predicted molar refractivity (Wildman–Crippen MR) is 107 cm³/mol. The number of aliphatic hydroxyl groups is 1. The first kappa shape index (κ1) is 22.4. The number of aromatic nitrogens is 5.